The molecule has 0 saturated carbocycles. The summed E-state index contributed by atoms with van der Waals surface area (Å²) in [5.41, 5.74) is 0.597. The monoisotopic (exact) mass is 170 g/mol. The summed E-state index contributed by atoms with van der Waals surface area (Å²) >= 11 is 0. The van der Waals surface area contributed by atoms with Gasteiger partial charge in [-0.15, -0.1) is 0 Å². The molecule has 1 rings (SSSR count). The molecule has 12 heavy (non-hydrogen) atoms. The molecule has 0 aliphatic carbocycles. The number of esters is 1. The molecule has 66 valence electrons. The molecule has 0 amide bonds. The molecule has 4 nitrogen and oxygen atoms in total. The molecule has 1 aliphatic heterocycles. The molecular formula is C8H10O4. The van der Waals surface area contributed by atoms with E-state index < -0.39 is 5.97 Å². The Kier molecular flexibility index (Phi) is 4.45. The van der Waals surface area contributed by atoms with Gasteiger partial charge in [-0.1, -0.05) is 13.2 Å². The summed E-state index contributed by atoms with van der Waals surface area (Å²) < 4.78 is 4.53. The lowest BCUT2D eigenvalue weighted by Gasteiger charge is -1.82. The summed E-state index contributed by atoms with van der Waals surface area (Å²) in [4.78, 5) is 19.5. The van der Waals surface area contributed by atoms with Crippen molar-refractivity contribution in [1.82, 2.24) is 0 Å². The summed E-state index contributed by atoms with van der Waals surface area (Å²) in [6.07, 6.45) is 1.54. The first-order valence-electron chi connectivity index (χ1n) is 3.28. The minimum absolute atomic E-state index is 0.236. The van der Waals surface area contributed by atoms with E-state index in [-0.39, 0.29) is 5.97 Å². The molecule has 0 bridgehead atoms. The molecule has 0 aromatic heterocycles. The second kappa shape index (κ2) is 5.12. The van der Waals surface area contributed by atoms with Gasteiger partial charge >= 0.3 is 11.9 Å². The van der Waals surface area contributed by atoms with E-state index >= 15 is 0 Å². The molecule has 1 N–H and O–H groups in total. The highest BCUT2D eigenvalue weighted by molar-refractivity contribution is 5.89. The first-order chi connectivity index (χ1) is 5.57. The Morgan fingerprint density at radius 1 is 1.67 bits per heavy atom. The molecule has 1 aliphatic rings. The smallest absolute Gasteiger partial charge is 0.333 e. The van der Waals surface area contributed by atoms with E-state index in [4.69, 9.17) is 5.11 Å². The van der Waals surface area contributed by atoms with Gasteiger partial charge < -0.3 is 9.84 Å². The number of cyclic esters (lactones) is 1. The summed E-state index contributed by atoms with van der Waals surface area (Å²) in [6.45, 7) is 6.95. The third kappa shape index (κ3) is 4.27. The number of carboxylic acids is 1. The minimum atomic E-state index is -0.981. The van der Waals surface area contributed by atoms with E-state index in [1.165, 1.54) is 0 Å². The fourth-order valence-electron chi connectivity index (χ4n) is 0.471. The maximum atomic E-state index is 10.3. The Morgan fingerprint density at radius 3 is 2.25 bits per heavy atom. The summed E-state index contributed by atoms with van der Waals surface area (Å²) in [6, 6.07) is 0. The van der Waals surface area contributed by atoms with E-state index in [9.17, 15) is 9.59 Å². The zero-order chi connectivity index (χ0) is 9.56. The van der Waals surface area contributed by atoms with Crippen LogP contribution < -0.4 is 0 Å². The van der Waals surface area contributed by atoms with Gasteiger partial charge in [-0.3, -0.25) is 0 Å². The highest BCUT2D eigenvalue weighted by Crippen LogP contribution is 2.08. The molecule has 1 fully saturated rings. The van der Waals surface area contributed by atoms with Crippen molar-refractivity contribution < 1.29 is 19.4 Å². The van der Waals surface area contributed by atoms with Crippen molar-refractivity contribution in [3.63, 3.8) is 0 Å². The zero-order valence-corrected chi connectivity index (χ0v) is 6.58. The van der Waals surface area contributed by atoms with E-state index in [2.05, 4.69) is 17.9 Å². The number of aliphatic carboxylic acids is 1. The molecule has 4 heteroatoms. The molecule has 0 radical (unpaired) electrons. The van der Waals surface area contributed by atoms with Gasteiger partial charge in [0.25, 0.3) is 0 Å². The Balaban J connectivity index is 0.000000217. The molecule has 1 saturated heterocycles. The van der Waals surface area contributed by atoms with Crippen LogP contribution in [0.4, 0.5) is 0 Å². The highest BCUT2D eigenvalue weighted by atomic mass is 16.5. The van der Waals surface area contributed by atoms with Gasteiger partial charge in [0.05, 0.1) is 6.61 Å². The van der Waals surface area contributed by atoms with Gasteiger partial charge in [-0.05, 0) is 0 Å². The minimum Gasteiger partial charge on any atom is -0.478 e. The third-order valence-corrected chi connectivity index (χ3v) is 1.10. The Labute approximate surface area is 70.1 Å². The van der Waals surface area contributed by atoms with Gasteiger partial charge in [0.2, 0.25) is 0 Å². The Bertz CT molecular complexity index is 203. The van der Waals surface area contributed by atoms with Crippen LogP contribution in [0.15, 0.2) is 24.8 Å². The maximum absolute atomic E-state index is 10.3. The first-order valence-corrected chi connectivity index (χ1v) is 3.28. The van der Waals surface area contributed by atoms with Crippen LogP contribution in [0, 0.1) is 0 Å². The fraction of sp³-hybridized carbons (Fsp3) is 0.250. The standard InChI is InChI=1S/C5H6O2.C3H4O2/c1-4-2-3-7-5(4)6;1-2-3(4)5/h1-3H2;2H,1H2,(H,4,5). The second-order valence-electron chi connectivity index (χ2n) is 2.03. The molecule has 0 atom stereocenters. The number of hydrogen-bond donors (Lipinski definition) is 1. The first kappa shape index (κ1) is 10.4. The topological polar surface area (TPSA) is 63.6 Å². The van der Waals surface area contributed by atoms with Crippen LogP contribution in [-0.4, -0.2) is 23.7 Å². The largest absolute Gasteiger partial charge is 0.478 e. The number of carbonyl (C=O) groups is 2. The summed E-state index contributed by atoms with van der Waals surface area (Å²) in [7, 11) is 0. The van der Waals surface area contributed by atoms with Crippen LogP contribution in [0.25, 0.3) is 0 Å². The predicted octanol–water partition coefficient (Wildman–Crippen LogP) is 0.746. The lowest BCUT2D eigenvalue weighted by atomic mass is 10.3. The number of rotatable bonds is 1. The van der Waals surface area contributed by atoms with Crippen LogP contribution in [0.2, 0.25) is 0 Å². The third-order valence-electron chi connectivity index (χ3n) is 1.10. The SMILES string of the molecule is C=C1CCOC1=O.C=CC(=O)O. The molecule has 1 heterocycles. The van der Waals surface area contributed by atoms with Gasteiger partial charge in [-0.2, -0.15) is 0 Å². The molecule has 0 aromatic rings. The van der Waals surface area contributed by atoms with Crippen LogP contribution in [0.3, 0.4) is 0 Å². The molecular weight excluding hydrogens is 160 g/mol. The van der Waals surface area contributed by atoms with Crippen molar-refractivity contribution in [2.75, 3.05) is 6.61 Å². The fourth-order valence-corrected chi connectivity index (χ4v) is 0.471. The van der Waals surface area contributed by atoms with E-state index in [1.54, 1.807) is 0 Å². The van der Waals surface area contributed by atoms with Crippen LogP contribution in [0.5, 0.6) is 0 Å². The Hall–Kier alpha value is -1.58. The van der Waals surface area contributed by atoms with Gasteiger partial charge in [-0.25, -0.2) is 9.59 Å². The van der Waals surface area contributed by atoms with E-state index in [0.717, 1.165) is 6.08 Å². The highest BCUT2D eigenvalue weighted by Gasteiger charge is 2.14. The second-order valence-corrected chi connectivity index (χ2v) is 2.03. The van der Waals surface area contributed by atoms with Crippen molar-refractivity contribution in [3.05, 3.63) is 24.8 Å². The normalized spacial score (nSPS) is 14.3. The average Bonchev–Trinajstić information content (AvgIpc) is 2.37. The van der Waals surface area contributed by atoms with E-state index in [1.807, 2.05) is 0 Å². The number of hydrogen-bond acceptors (Lipinski definition) is 3. The summed E-state index contributed by atoms with van der Waals surface area (Å²) in [5.74, 6) is -1.22. The van der Waals surface area contributed by atoms with Crippen LogP contribution >= 0.6 is 0 Å². The average molecular weight is 170 g/mol. The van der Waals surface area contributed by atoms with Gasteiger partial charge in [0, 0.05) is 18.1 Å². The lowest BCUT2D eigenvalue weighted by molar-refractivity contribution is -0.135. The zero-order valence-electron chi connectivity index (χ0n) is 6.58. The van der Waals surface area contributed by atoms with Crippen molar-refractivity contribution >= 4 is 11.9 Å². The number of ether oxygens (including phenoxy) is 1. The number of carboxylic acid groups (broad SMARTS) is 1. The van der Waals surface area contributed by atoms with Crippen molar-refractivity contribution in [1.29, 1.82) is 0 Å². The van der Waals surface area contributed by atoms with Crippen LogP contribution in [0.1, 0.15) is 6.42 Å². The molecule has 0 spiro atoms. The maximum Gasteiger partial charge on any atom is 0.333 e. The predicted molar refractivity (Wildman–Crippen MR) is 42.5 cm³/mol. The van der Waals surface area contributed by atoms with Gasteiger partial charge in [0.15, 0.2) is 0 Å². The quantitative estimate of drug-likeness (QED) is 0.465. The molecule has 0 unspecified atom stereocenters. The van der Waals surface area contributed by atoms with Gasteiger partial charge in [0.1, 0.15) is 0 Å². The van der Waals surface area contributed by atoms with Crippen molar-refractivity contribution in [3.8, 4) is 0 Å². The molecule has 0 aromatic carbocycles. The van der Waals surface area contributed by atoms with E-state index in [0.29, 0.717) is 18.6 Å². The van der Waals surface area contributed by atoms with Crippen LogP contribution in [-0.2, 0) is 14.3 Å². The lowest BCUT2D eigenvalue weighted by Crippen LogP contribution is -1.91. The van der Waals surface area contributed by atoms with Crippen molar-refractivity contribution in [2.45, 2.75) is 6.42 Å². The summed E-state index contributed by atoms with van der Waals surface area (Å²) in [5, 5.41) is 7.60. The Morgan fingerprint density at radius 2 is 2.17 bits per heavy atom. The number of carbonyl (C=O) groups excluding carboxylic acids is 1. The van der Waals surface area contributed by atoms with Crippen molar-refractivity contribution in [2.24, 2.45) is 0 Å².